The third-order valence-electron chi connectivity index (χ3n) is 3.86. The molecule has 1 aliphatic rings. The number of benzene rings is 1. The Morgan fingerprint density at radius 1 is 1.23 bits per heavy atom. The standard InChI is InChI=1S/C16H18N2O4/c1-4-22-16(19)15-10-6-5-9-7-12(20-2)13(21-3)8-11(9)14(10)17-18-15/h7-8H,4-6H2,1-3H3,(H,17,18). The summed E-state index contributed by atoms with van der Waals surface area (Å²) in [6, 6.07) is 3.87. The van der Waals surface area contributed by atoms with Gasteiger partial charge in [-0.05, 0) is 37.5 Å². The predicted molar refractivity (Wildman–Crippen MR) is 80.5 cm³/mol. The van der Waals surface area contributed by atoms with E-state index in [9.17, 15) is 4.79 Å². The molecule has 0 bridgehead atoms. The van der Waals surface area contributed by atoms with Crippen LogP contribution in [0.15, 0.2) is 12.1 Å². The van der Waals surface area contributed by atoms with Gasteiger partial charge < -0.3 is 14.2 Å². The van der Waals surface area contributed by atoms with Gasteiger partial charge in [-0.1, -0.05) is 0 Å². The van der Waals surface area contributed by atoms with E-state index < -0.39 is 0 Å². The smallest absolute Gasteiger partial charge is 0.356 e. The molecule has 1 heterocycles. The molecule has 1 N–H and O–H groups in total. The fourth-order valence-electron chi connectivity index (χ4n) is 2.81. The molecule has 0 saturated heterocycles. The van der Waals surface area contributed by atoms with Crippen molar-refractivity contribution in [1.82, 2.24) is 10.2 Å². The lowest BCUT2D eigenvalue weighted by atomic mass is 9.88. The van der Waals surface area contributed by atoms with Crippen LogP contribution in [-0.4, -0.2) is 37.0 Å². The lowest BCUT2D eigenvalue weighted by molar-refractivity contribution is 0.0518. The number of aromatic amines is 1. The molecule has 22 heavy (non-hydrogen) atoms. The van der Waals surface area contributed by atoms with Crippen LogP contribution in [-0.2, 0) is 17.6 Å². The van der Waals surface area contributed by atoms with Crippen LogP contribution in [0.1, 0.15) is 28.5 Å². The van der Waals surface area contributed by atoms with Crippen LogP contribution in [0.5, 0.6) is 11.5 Å². The molecule has 0 amide bonds. The number of carbonyl (C=O) groups is 1. The highest BCUT2D eigenvalue weighted by molar-refractivity contribution is 5.92. The lowest BCUT2D eigenvalue weighted by Crippen LogP contribution is -2.11. The average molecular weight is 302 g/mol. The lowest BCUT2D eigenvalue weighted by Gasteiger charge is -2.18. The minimum Gasteiger partial charge on any atom is -0.493 e. The normalized spacial score (nSPS) is 12.3. The summed E-state index contributed by atoms with van der Waals surface area (Å²) in [4.78, 5) is 12.0. The van der Waals surface area contributed by atoms with E-state index in [4.69, 9.17) is 14.2 Å². The van der Waals surface area contributed by atoms with E-state index in [1.165, 1.54) is 0 Å². The molecule has 0 fully saturated rings. The van der Waals surface area contributed by atoms with Crippen LogP contribution in [0.25, 0.3) is 11.3 Å². The van der Waals surface area contributed by atoms with E-state index >= 15 is 0 Å². The van der Waals surface area contributed by atoms with Gasteiger partial charge in [0.15, 0.2) is 11.5 Å². The van der Waals surface area contributed by atoms with Crippen molar-refractivity contribution in [2.75, 3.05) is 20.8 Å². The van der Waals surface area contributed by atoms with Gasteiger partial charge in [-0.3, -0.25) is 5.10 Å². The van der Waals surface area contributed by atoms with E-state index in [0.29, 0.717) is 23.8 Å². The highest BCUT2D eigenvalue weighted by Crippen LogP contribution is 2.40. The number of hydrogen-bond donors (Lipinski definition) is 1. The van der Waals surface area contributed by atoms with E-state index in [1.807, 2.05) is 12.1 Å². The van der Waals surface area contributed by atoms with Crippen molar-refractivity contribution in [2.24, 2.45) is 0 Å². The van der Waals surface area contributed by atoms with Crippen molar-refractivity contribution in [3.63, 3.8) is 0 Å². The molecular weight excluding hydrogens is 284 g/mol. The van der Waals surface area contributed by atoms with Gasteiger partial charge in [-0.25, -0.2) is 4.79 Å². The number of methoxy groups -OCH3 is 2. The van der Waals surface area contributed by atoms with E-state index in [-0.39, 0.29) is 5.97 Å². The van der Waals surface area contributed by atoms with Crippen LogP contribution >= 0.6 is 0 Å². The number of esters is 1. The molecule has 0 saturated carbocycles. The zero-order valence-electron chi connectivity index (χ0n) is 12.9. The van der Waals surface area contributed by atoms with Crippen molar-refractivity contribution >= 4 is 5.97 Å². The van der Waals surface area contributed by atoms with Crippen LogP contribution in [0.2, 0.25) is 0 Å². The summed E-state index contributed by atoms with van der Waals surface area (Å²) in [5.41, 5.74) is 4.22. The molecule has 6 nitrogen and oxygen atoms in total. The van der Waals surface area contributed by atoms with E-state index in [1.54, 1.807) is 21.1 Å². The minimum atomic E-state index is -0.361. The second-order valence-corrected chi connectivity index (χ2v) is 5.01. The van der Waals surface area contributed by atoms with Crippen molar-refractivity contribution in [1.29, 1.82) is 0 Å². The number of nitrogens with one attached hydrogen (secondary N) is 1. The molecule has 1 aliphatic carbocycles. The first-order valence-corrected chi connectivity index (χ1v) is 7.19. The highest BCUT2D eigenvalue weighted by Gasteiger charge is 2.27. The van der Waals surface area contributed by atoms with Gasteiger partial charge in [0.2, 0.25) is 0 Å². The second-order valence-electron chi connectivity index (χ2n) is 5.01. The number of hydrogen-bond acceptors (Lipinski definition) is 5. The van der Waals surface area contributed by atoms with Gasteiger partial charge in [0, 0.05) is 11.1 Å². The molecule has 1 aromatic carbocycles. The maximum atomic E-state index is 12.0. The summed E-state index contributed by atoms with van der Waals surface area (Å²) in [5.74, 6) is 0.987. The molecule has 1 aromatic heterocycles. The Morgan fingerprint density at radius 2 is 1.95 bits per heavy atom. The third kappa shape index (κ3) is 2.20. The second kappa shape index (κ2) is 5.71. The Hall–Kier alpha value is -2.50. The summed E-state index contributed by atoms with van der Waals surface area (Å²) in [6.07, 6.45) is 1.55. The van der Waals surface area contributed by atoms with Crippen LogP contribution in [0, 0.1) is 0 Å². The van der Waals surface area contributed by atoms with E-state index in [2.05, 4.69) is 10.2 Å². The quantitative estimate of drug-likeness (QED) is 0.878. The first-order valence-electron chi connectivity index (χ1n) is 7.19. The third-order valence-corrected chi connectivity index (χ3v) is 3.86. The Balaban J connectivity index is 2.09. The topological polar surface area (TPSA) is 73.4 Å². The summed E-state index contributed by atoms with van der Waals surface area (Å²) >= 11 is 0. The van der Waals surface area contributed by atoms with Gasteiger partial charge in [-0.2, -0.15) is 5.10 Å². The summed E-state index contributed by atoms with van der Waals surface area (Å²) in [7, 11) is 3.22. The molecular formula is C16H18N2O4. The summed E-state index contributed by atoms with van der Waals surface area (Å²) in [6.45, 7) is 2.13. The van der Waals surface area contributed by atoms with Crippen LogP contribution in [0.3, 0.4) is 0 Å². The number of aryl methyl sites for hydroxylation is 1. The summed E-state index contributed by atoms with van der Waals surface area (Å²) < 4.78 is 15.8. The number of H-pyrrole nitrogens is 1. The predicted octanol–water partition coefficient (Wildman–Crippen LogP) is 2.37. The van der Waals surface area contributed by atoms with Crippen molar-refractivity contribution in [3.8, 4) is 22.8 Å². The van der Waals surface area contributed by atoms with Gasteiger partial charge in [0.05, 0.1) is 26.5 Å². The van der Waals surface area contributed by atoms with Crippen molar-refractivity contribution < 1.29 is 19.0 Å². The molecule has 0 radical (unpaired) electrons. The molecule has 116 valence electrons. The van der Waals surface area contributed by atoms with Gasteiger partial charge in [0.25, 0.3) is 0 Å². The SMILES string of the molecule is CCOC(=O)c1[nH]nc2c1CCc1cc(OC)c(OC)cc1-2. The maximum Gasteiger partial charge on any atom is 0.356 e. The first-order chi connectivity index (χ1) is 10.7. The maximum absolute atomic E-state index is 12.0. The first kappa shape index (κ1) is 14.4. The van der Waals surface area contributed by atoms with Crippen LogP contribution < -0.4 is 9.47 Å². The molecule has 2 aromatic rings. The van der Waals surface area contributed by atoms with Crippen molar-refractivity contribution in [3.05, 3.63) is 29.0 Å². The molecule has 6 heteroatoms. The molecule has 3 rings (SSSR count). The monoisotopic (exact) mass is 302 g/mol. The minimum absolute atomic E-state index is 0.342. The molecule has 0 atom stereocenters. The van der Waals surface area contributed by atoms with Gasteiger partial charge in [-0.15, -0.1) is 0 Å². The fraction of sp³-hybridized carbons (Fsp3) is 0.375. The molecule has 0 unspecified atom stereocenters. The Labute approximate surface area is 128 Å². The fourth-order valence-corrected chi connectivity index (χ4v) is 2.81. The number of fused-ring (bicyclic) bond motifs is 3. The van der Waals surface area contributed by atoms with E-state index in [0.717, 1.165) is 35.2 Å². The number of carbonyl (C=O) groups excluding carboxylic acids is 1. The summed E-state index contributed by atoms with van der Waals surface area (Å²) in [5, 5.41) is 7.12. The molecule has 0 spiro atoms. The zero-order valence-corrected chi connectivity index (χ0v) is 12.9. The number of aromatic nitrogens is 2. The number of nitrogens with zero attached hydrogens (tertiary/aromatic N) is 1. The largest absolute Gasteiger partial charge is 0.493 e. The molecule has 0 aliphatic heterocycles. The Bertz CT molecular complexity index is 721. The van der Waals surface area contributed by atoms with Crippen molar-refractivity contribution in [2.45, 2.75) is 19.8 Å². The number of rotatable bonds is 4. The Morgan fingerprint density at radius 3 is 2.64 bits per heavy atom. The van der Waals surface area contributed by atoms with Crippen LogP contribution in [0.4, 0.5) is 0 Å². The van der Waals surface area contributed by atoms with Gasteiger partial charge >= 0.3 is 5.97 Å². The average Bonchev–Trinajstić information content (AvgIpc) is 2.98. The zero-order chi connectivity index (χ0) is 15.7. The highest BCUT2D eigenvalue weighted by atomic mass is 16.5. The number of ether oxygens (including phenoxy) is 3. The Kier molecular flexibility index (Phi) is 3.75. The van der Waals surface area contributed by atoms with Gasteiger partial charge in [0.1, 0.15) is 5.69 Å².